The van der Waals surface area contributed by atoms with E-state index in [1.54, 1.807) is 28.6 Å². The molecule has 1 aromatic carbocycles. The molecule has 2 atom stereocenters. The number of benzene rings is 1. The average molecular weight is 411 g/mol. The van der Waals surface area contributed by atoms with E-state index in [-0.39, 0.29) is 11.2 Å². The highest BCUT2D eigenvalue weighted by molar-refractivity contribution is 7.90. The van der Waals surface area contributed by atoms with E-state index in [1.165, 1.54) is 4.31 Å². The molecule has 2 heterocycles. The lowest BCUT2D eigenvalue weighted by molar-refractivity contribution is 0.403. The molecular weight excluding hydrogens is 384 g/mol. The van der Waals surface area contributed by atoms with Gasteiger partial charge in [0.25, 0.3) is 0 Å². The number of sulfonamides is 2. The zero-order chi connectivity index (χ0) is 19.4. The van der Waals surface area contributed by atoms with Crippen LogP contribution in [-0.2, 0) is 20.0 Å². The minimum atomic E-state index is -3.57. The summed E-state index contributed by atoms with van der Waals surface area (Å²) in [5.41, 5.74) is 3.19. The SMILES string of the molecule is CCCN1C[C@@H]2C3=C(CC[C@@H]2S1(=O)=O)CN(S(=O)(=O)c1ccc(C)cc1)C3. The molecule has 4 rings (SSSR count). The molecule has 3 aliphatic rings. The Balaban J connectivity index is 1.60. The van der Waals surface area contributed by atoms with Crippen LogP contribution in [0.25, 0.3) is 0 Å². The van der Waals surface area contributed by atoms with Crippen LogP contribution in [0, 0.1) is 12.8 Å². The molecule has 8 heteroatoms. The second-order valence-electron chi connectivity index (χ2n) is 7.80. The maximum Gasteiger partial charge on any atom is 0.243 e. The maximum absolute atomic E-state index is 13.0. The van der Waals surface area contributed by atoms with Crippen molar-refractivity contribution in [2.45, 2.75) is 43.3 Å². The standard InChI is InChI=1S/C19H26N2O4S2/c1-3-10-20-13-18-17-12-21(11-15(17)6-9-19(18)27(20,24)25)26(22,23)16-7-4-14(2)5-8-16/h4-5,7-8,18-19H,3,6,9-13H2,1-2H3/t18-,19+/m1/s1. The topological polar surface area (TPSA) is 74.8 Å². The zero-order valence-corrected chi connectivity index (χ0v) is 17.4. The molecule has 1 aliphatic carbocycles. The number of fused-ring (bicyclic) bond motifs is 2. The lowest BCUT2D eigenvalue weighted by Gasteiger charge is -2.24. The summed E-state index contributed by atoms with van der Waals surface area (Å²) in [6.07, 6.45) is 2.07. The van der Waals surface area contributed by atoms with Crippen molar-refractivity contribution in [3.05, 3.63) is 41.0 Å². The fourth-order valence-corrected chi connectivity index (χ4v) is 8.31. The van der Waals surface area contributed by atoms with Crippen LogP contribution in [-0.4, -0.2) is 56.9 Å². The Bertz CT molecular complexity index is 981. The summed E-state index contributed by atoms with van der Waals surface area (Å²) in [7, 11) is -6.83. The molecular formula is C19H26N2O4S2. The number of nitrogens with zero attached hydrogens (tertiary/aromatic N) is 2. The van der Waals surface area contributed by atoms with Crippen molar-refractivity contribution >= 4 is 20.0 Å². The van der Waals surface area contributed by atoms with Crippen molar-refractivity contribution in [1.29, 1.82) is 0 Å². The number of rotatable bonds is 4. The number of hydrogen-bond donors (Lipinski definition) is 0. The zero-order valence-electron chi connectivity index (χ0n) is 15.8. The molecule has 0 aromatic heterocycles. The fraction of sp³-hybridized carbons (Fsp3) is 0.579. The molecule has 148 valence electrons. The Labute approximate surface area is 162 Å². The van der Waals surface area contributed by atoms with Gasteiger partial charge >= 0.3 is 0 Å². The van der Waals surface area contributed by atoms with E-state index in [0.29, 0.717) is 43.9 Å². The first-order valence-electron chi connectivity index (χ1n) is 9.51. The molecule has 6 nitrogen and oxygen atoms in total. The predicted molar refractivity (Wildman–Crippen MR) is 104 cm³/mol. The lowest BCUT2D eigenvalue weighted by Crippen LogP contribution is -2.32. The van der Waals surface area contributed by atoms with Gasteiger partial charge in [0, 0.05) is 32.1 Å². The second-order valence-corrected chi connectivity index (χ2v) is 11.9. The highest BCUT2D eigenvalue weighted by Crippen LogP contribution is 2.44. The fourth-order valence-electron chi connectivity index (χ4n) is 4.63. The summed E-state index contributed by atoms with van der Waals surface area (Å²) in [6, 6.07) is 6.90. The van der Waals surface area contributed by atoms with Gasteiger partial charge in [-0.3, -0.25) is 0 Å². The summed E-state index contributed by atoms with van der Waals surface area (Å²) < 4.78 is 54.8. The molecule has 2 aliphatic heterocycles. The van der Waals surface area contributed by atoms with Crippen LogP contribution in [0.3, 0.4) is 0 Å². The highest BCUT2D eigenvalue weighted by atomic mass is 32.2. The van der Waals surface area contributed by atoms with Crippen LogP contribution in [0.15, 0.2) is 40.3 Å². The summed E-state index contributed by atoms with van der Waals surface area (Å²) in [5.74, 6) is -0.0662. The van der Waals surface area contributed by atoms with E-state index in [4.69, 9.17) is 0 Å². The van der Waals surface area contributed by atoms with E-state index in [9.17, 15) is 16.8 Å². The van der Waals surface area contributed by atoms with Crippen LogP contribution >= 0.6 is 0 Å². The van der Waals surface area contributed by atoms with Crippen molar-refractivity contribution in [3.63, 3.8) is 0 Å². The quantitative estimate of drug-likeness (QED) is 0.713. The molecule has 0 unspecified atom stereocenters. The van der Waals surface area contributed by atoms with Crippen LogP contribution < -0.4 is 0 Å². The first kappa shape index (κ1) is 19.1. The smallest absolute Gasteiger partial charge is 0.212 e. The van der Waals surface area contributed by atoms with Gasteiger partial charge in [-0.05, 0) is 43.9 Å². The lowest BCUT2D eigenvalue weighted by atomic mass is 9.84. The van der Waals surface area contributed by atoms with E-state index in [0.717, 1.165) is 23.1 Å². The third-order valence-electron chi connectivity index (χ3n) is 6.07. The Morgan fingerprint density at radius 2 is 1.85 bits per heavy atom. The molecule has 0 N–H and O–H groups in total. The molecule has 0 bridgehead atoms. The first-order chi connectivity index (χ1) is 12.7. The first-order valence-corrected chi connectivity index (χ1v) is 12.5. The van der Waals surface area contributed by atoms with E-state index >= 15 is 0 Å². The summed E-state index contributed by atoms with van der Waals surface area (Å²) in [5, 5.41) is -0.384. The molecule has 27 heavy (non-hydrogen) atoms. The molecule has 0 radical (unpaired) electrons. The largest absolute Gasteiger partial charge is 0.243 e. The second kappa shape index (κ2) is 6.69. The molecule has 1 saturated heterocycles. The number of hydrogen-bond acceptors (Lipinski definition) is 4. The van der Waals surface area contributed by atoms with Crippen LogP contribution in [0.2, 0.25) is 0 Å². The summed E-state index contributed by atoms with van der Waals surface area (Å²) in [6.45, 7) is 5.66. The third-order valence-corrected chi connectivity index (χ3v) is 10.3. The molecule has 1 fully saturated rings. The van der Waals surface area contributed by atoms with Gasteiger partial charge in [0.15, 0.2) is 0 Å². The van der Waals surface area contributed by atoms with Gasteiger partial charge in [-0.15, -0.1) is 0 Å². The summed E-state index contributed by atoms with van der Waals surface area (Å²) in [4.78, 5) is 0.302. The van der Waals surface area contributed by atoms with Crippen LogP contribution in [0.5, 0.6) is 0 Å². The number of aryl methyl sites for hydroxylation is 1. The van der Waals surface area contributed by atoms with Crippen molar-refractivity contribution in [1.82, 2.24) is 8.61 Å². The van der Waals surface area contributed by atoms with Gasteiger partial charge in [0.2, 0.25) is 20.0 Å². The van der Waals surface area contributed by atoms with Crippen molar-refractivity contribution < 1.29 is 16.8 Å². The minimum Gasteiger partial charge on any atom is -0.212 e. The predicted octanol–water partition coefficient (Wildman–Crippen LogP) is 2.13. The Morgan fingerprint density at radius 1 is 1.15 bits per heavy atom. The van der Waals surface area contributed by atoms with Gasteiger partial charge in [-0.25, -0.2) is 21.1 Å². The minimum absolute atomic E-state index is 0.0662. The van der Waals surface area contributed by atoms with Gasteiger partial charge < -0.3 is 0 Å². The average Bonchev–Trinajstić information content (AvgIpc) is 3.16. The molecule has 0 spiro atoms. The van der Waals surface area contributed by atoms with Crippen molar-refractivity contribution in [2.75, 3.05) is 26.2 Å². The third kappa shape index (κ3) is 3.06. The normalized spacial score (nSPS) is 28.4. The van der Waals surface area contributed by atoms with Gasteiger partial charge in [-0.2, -0.15) is 4.31 Å². The van der Waals surface area contributed by atoms with E-state index in [2.05, 4.69) is 0 Å². The van der Waals surface area contributed by atoms with Gasteiger partial charge in [0.05, 0.1) is 10.1 Å². The van der Waals surface area contributed by atoms with Crippen molar-refractivity contribution in [2.24, 2.45) is 5.92 Å². The Kier molecular flexibility index (Phi) is 4.73. The monoisotopic (exact) mass is 410 g/mol. The molecule has 0 saturated carbocycles. The van der Waals surface area contributed by atoms with E-state index in [1.807, 2.05) is 13.8 Å². The molecule has 1 aromatic rings. The maximum atomic E-state index is 13.0. The van der Waals surface area contributed by atoms with Crippen LogP contribution in [0.1, 0.15) is 31.7 Å². The Hall–Kier alpha value is -1.22. The molecule has 0 amide bonds. The van der Waals surface area contributed by atoms with Gasteiger partial charge in [-0.1, -0.05) is 30.2 Å². The van der Waals surface area contributed by atoms with Crippen molar-refractivity contribution in [3.8, 4) is 0 Å². The Morgan fingerprint density at radius 3 is 2.52 bits per heavy atom. The highest BCUT2D eigenvalue weighted by Gasteiger charge is 2.51. The van der Waals surface area contributed by atoms with Gasteiger partial charge in [0.1, 0.15) is 0 Å². The van der Waals surface area contributed by atoms with Crippen LogP contribution in [0.4, 0.5) is 0 Å². The van der Waals surface area contributed by atoms with E-state index < -0.39 is 20.0 Å². The summed E-state index contributed by atoms with van der Waals surface area (Å²) >= 11 is 0.